The number of hydrogen-bond donors (Lipinski definition) is 0. The van der Waals surface area contributed by atoms with Crippen molar-refractivity contribution in [1.82, 2.24) is 14.4 Å². The molecule has 26 heavy (non-hydrogen) atoms. The Morgan fingerprint density at radius 1 is 1.15 bits per heavy atom. The first kappa shape index (κ1) is 17.7. The SMILES string of the molecule is O=C(Cn1c(=O)oc2ccccc21)N1CCCSCC1CN1CCCC1. The summed E-state index contributed by atoms with van der Waals surface area (Å²) in [4.78, 5) is 29.8. The van der Waals surface area contributed by atoms with Crippen LogP contribution >= 0.6 is 11.8 Å². The van der Waals surface area contributed by atoms with Crippen LogP contribution in [0.2, 0.25) is 0 Å². The largest absolute Gasteiger partial charge is 0.420 e. The van der Waals surface area contributed by atoms with Crippen LogP contribution in [0.4, 0.5) is 0 Å². The third-order valence-electron chi connectivity index (χ3n) is 5.29. The van der Waals surface area contributed by atoms with E-state index in [4.69, 9.17) is 4.42 Å². The number of oxazole rings is 1. The molecular formula is C19H25N3O3S. The lowest BCUT2D eigenvalue weighted by molar-refractivity contribution is -0.134. The summed E-state index contributed by atoms with van der Waals surface area (Å²) in [5, 5.41) is 0. The molecule has 0 spiro atoms. The first-order valence-corrected chi connectivity index (χ1v) is 10.6. The van der Waals surface area contributed by atoms with Crippen LogP contribution in [-0.2, 0) is 11.3 Å². The summed E-state index contributed by atoms with van der Waals surface area (Å²) in [6, 6.07) is 7.50. The molecule has 0 radical (unpaired) electrons. The molecule has 2 saturated heterocycles. The standard InChI is InChI=1S/C19H25N3O3S/c23-18(13-22-16-6-1-2-7-17(16)25-19(22)24)21-10-5-11-26-14-15(21)12-20-8-3-4-9-20/h1-2,6-7,15H,3-5,8-14H2. The summed E-state index contributed by atoms with van der Waals surface area (Å²) in [6.07, 6.45) is 3.52. The Balaban J connectivity index is 1.53. The maximum absolute atomic E-state index is 13.1. The van der Waals surface area contributed by atoms with Crippen LogP contribution in [-0.4, -0.2) is 64.0 Å². The summed E-state index contributed by atoms with van der Waals surface area (Å²) in [5.41, 5.74) is 1.22. The summed E-state index contributed by atoms with van der Waals surface area (Å²) >= 11 is 1.93. The fourth-order valence-electron chi connectivity index (χ4n) is 3.96. The van der Waals surface area contributed by atoms with Crippen molar-refractivity contribution < 1.29 is 9.21 Å². The Hall–Kier alpha value is -1.73. The van der Waals surface area contributed by atoms with E-state index in [1.165, 1.54) is 17.4 Å². The van der Waals surface area contributed by atoms with Crippen molar-refractivity contribution in [2.45, 2.75) is 31.8 Å². The summed E-state index contributed by atoms with van der Waals surface area (Å²) in [5.74, 6) is 1.63. The predicted octanol–water partition coefficient (Wildman–Crippen LogP) is 2.02. The minimum absolute atomic E-state index is 0.0188. The van der Waals surface area contributed by atoms with Crippen LogP contribution < -0.4 is 5.76 Å². The number of benzene rings is 1. The Bertz CT molecular complexity index is 825. The third kappa shape index (κ3) is 3.69. The molecule has 4 rings (SSSR count). The number of carbonyl (C=O) groups is 1. The highest BCUT2D eigenvalue weighted by Crippen LogP contribution is 2.20. The molecule has 1 aromatic heterocycles. The van der Waals surface area contributed by atoms with Crippen molar-refractivity contribution in [3.63, 3.8) is 0 Å². The zero-order valence-corrected chi connectivity index (χ0v) is 15.7. The van der Waals surface area contributed by atoms with Crippen LogP contribution in [0.15, 0.2) is 33.5 Å². The van der Waals surface area contributed by atoms with Gasteiger partial charge in [-0.3, -0.25) is 9.36 Å². The number of likely N-dealkylation sites (tertiary alicyclic amines) is 1. The average Bonchev–Trinajstić information content (AvgIpc) is 3.18. The molecule has 2 aliphatic heterocycles. The van der Waals surface area contributed by atoms with Crippen LogP contribution in [0, 0.1) is 0 Å². The number of para-hydroxylation sites is 2. The Kier molecular flexibility index (Phi) is 5.36. The second kappa shape index (κ2) is 7.88. The number of rotatable bonds is 4. The topological polar surface area (TPSA) is 58.7 Å². The van der Waals surface area contributed by atoms with Crippen LogP contribution in [0.5, 0.6) is 0 Å². The maximum Gasteiger partial charge on any atom is 0.420 e. The van der Waals surface area contributed by atoms with Crippen molar-refractivity contribution in [3.8, 4) is 0 Å². The number of amides is 1. The summed E-state index contributed by atoms with van der Waals surface area (Å²) in [6.45, 7) is 4.04. The molecular weight excluding hydrogens is 350 g/mol. The molecule has 1 aromatic carbocycles. The fourth-order valence-corrected chi connectivity index (χ4v) is 5.02. The zero-order chi connectivity index (χ0) is 17.9. The van der Waals surface area contributed by atoms with Gasteiger partial charge in [-0.1, -0.05) is 12.1 Å². The fraction of sp³-hybridized carbons (Fsp3) is 0.579. The average molecular weight is 375 g/mol. The molecule has 0 aliphatic carbocycles. The number of carbonyl (C=O) groups excluding carboxylic acids is 1. The van der Waals surface area contributed by atoms with E-state index in [1.54, 1.807) is 6.07 Å². The molecule has 0 saturated carbocycles. The second-order valence-electron chi connectivity index (χ2n) is 7.10. The van der Waals surface area contributed by atoms with Gasteiger partial charge in [0.1, 0.15) is 6.54 Å². The quantitative estimate of drug-likeness (QED) is 0.818. The van der Waals surface area contributed by atoms with Gasteiger partial charge in [0.25, 0.3) is 0 Å². The van der Waals surface area contributed by atoms with Crippen molar-refractivity contribution in [2.24, 2.45) is 0 Å². The molecule has 6 nitrogen and oxygen atoms in total. The number of nitrogens with zero attached hydrogens (tertiary/aromatic N) is 3. The first-order valence-electron chi connectivity index (χ1n) is 9.40. The zero-order valence-electron chi connectivity index (χ0n) is 14.9. The van der Waals surface area contributed by atoms with Crippen molar-refractivity contribution >= 4 is 28.8 Å². The minimum atomic E-state index is -0.458. The second-order valence-corrected chi connectivity index (χ2v) is 8.25. The van der Waals surface area contributed by atoms with E-state index in [1.807, 2.05) is 34.9 Å². The minimum Gasteiger partial charge on any atom is -0.408 e. The molecule has 2 fully saturated rings. The van der Waals surface area contributed by atoms with Crippen molar-refractivity contribution in [1.29, 1.82) is 0 Å². The maximum atomic E-state index is 13.1. The molecule has 0 N–H and O–H groups in total. The Morgan fingerprint density at radius 2 is 1.96 bits per heavy atom. The molecule has 1 unspecified atom stereocenters. The van der Waals surface area contributed by atoms with Crippen LogP contribution in [0.3, 0.4) is 0 Å². The molecule has 1 amide bonds. The molecule has 0 bridgehead atoms. The van der Waals surface area contributed by atoms with Gasteiger partial charge >= 0.3 is 5.76 Å². The highest BCUT2D eigenvalue weighted by Gasteiger charge is 2.29. The molecule has 7 heteroatoms. The number of hydrogen-bond acceptors (Lipinski definition) is 5. The van der Waals surface area contributed by atoms with Crippen molar-refractivity contribution in [3.05, 3.63) is 34.8 Å². The lowest BCUT2D eigenvalue weighted by atomic mass is 10.2. The van der Waals surface area contributed by atoms with Gasteiger partial charge < -0.3 is 14.2 Å². The Morgan fingerprint density at radius 3 is 2.81 bits per heavy atom. The molecule has 3 heterocycles. The molecule has 140 valence electrons. The van der Waals surface area contributed by atoms with E-state index in [0.29, 0.717) is 11.1 Å². The van der Waals surface area contributed by atoms with Gasteiger partial charge in [-0.25, -0.2) is 4.79 Å². The van der Waals surface area contributed by atoms with E-state index in [0.717, 1.165) is 44.1 Å². The smallest absolute Gasteiger partial charge is 0.408 e. The van der Waals surface area contributed by atoms with E-state index in [9.17, 15) is 9.59 Å². The highest BCUT2D eigenvalue weighted by atomic mass is 32.2. The van der Waals surface area contributed by atoms with Gasteiger partial charge in [-0.05, 0) is 50.2 Å². The first-order chi connectivity index (χ1) is 12.7. The van der Waals surface area contributed by atoms with Crippen LogP contribution in [0.25, 0.3) is 11.1 Å². The number of thioether (sulfide) groups is 1. The summed E-state index contributed by atoms with van der Waals surface area (Å²) < 4.78 is 6.73. The molecule has 2 aromatic rings. The lowest BCUT2D eigenvalue weighted by Gasteiger charge is -2.32. The van der Waals surface area contributed by atoms with E-state index >= 15 is 0 Å². The predicted molar refractivity (Wildman–Crippen MR) is 104 cm³/mol. The lowest BCUT2D eigenvalue weighted by Crippen LogP contribution is -2.49. The Labute approximate surface area is 157 Å². The van der Waals surface area contributed by atoms with E-state index < -0.39 is 5.76 Å². The van der Waals surface area contributed by atoms with E-state index in [-0.39, 0.29) is 18.5 Å². The van der Waals surface area contributed by atoms with Crippen LogP contribution in [0.1, 0.15) is 19.3 Å². The van der Waals surface area contributed by atoms with Gasteiger partial charge in [0.15, 0.2) is 5.58 Å². The van der Waals surface area contributed by atoms with Gasteiger partial charge in [-0.2, -0.15) is 11.8 Å². The van der Waals surface area contributed by atoms with E-state index in [2.05, 4.69) is 4.90 Å². The summed E-state index contributed by atoms with van der Waals surface area (Å²) in [7, 11) is 0. The van der Waals surface area contributed by atoms with Gasteiger partial charge in [0, 0.05) is 18.8 Å². The monoisotopic (exact) mass is 375 g/mol. The normalized spacial score (nSPS) is 22.0. The van der Waals surface area contributed by atoms with Gasteiger partial charge in [0.05, 0.1) is 11.6 Å². The number of aromatic nitrogens is 1. The van der Waals surface area contributed by atoms with Gasteiger partial charge in [0.2, 0.25) is 5.91 Å². The highest BCUT2D eigenvalue weighted by molar-refractivity contribution is 7.99. The van der Waals surface area contributed by atoms with Crippen molar-refractivity contribution in [2.75, 3.05) is 37.7 Å². The molecule has 2 aliphatic rings. The molecule has 1 atom stereocenters. The third-order valence-corrected chi connectivity index (χ3v) is 6.49. The van der Waals surface area contributed by atoms with Gasteiger partial charge in [-0.15, -0.1) is 0 Å². The number of fused-ring (bicyclic) bond motifs is 1.